The van der Waals surface area contributed by atoms with E-state index in [0.29, 0.717) is 16.9 Å². The van der Waals surface area contributed by atoms with Crippen molar-refractivity contribution in [3.05, 3.63) is 23.8 Å². The number of nitrogens with one attached hydrogen (secondary N) is 1. The molecule has 19 heavy (non-hydrogen) atoms. The van der Waals surface area contributed by atoms with Crippen molar-refractivity contribution in [3.8, 4) is 17.9 Å². The van der Waals surface area contributed by atoms with Crippen molar-refractivity contribution in [2.24, 2.45) is 4.99 Å². The molecular formula is C14H14N4O. The summed E-state index contributed by atoms with van der Waals surface area (Å²) in [6.07, 6.45) is 1.61. The molecule has 0 radical (unpaired) electrons. The topological polar surface area (TPSA) is 68.5 Å². The molecule has 0 aromatic heterocycles. The number of carbonyl (C=O) groups excluding carboxylic acids is 1. The van der Waals surface area contributed by atoms with E-state index in [1.54, 1.807) is 36.4 Å². The molecule has 1 aromatic carbocycles. The van der Waals surface area contributed by atoms with E-state index in [1.165, 1.54) is 0 Å². The quantitative estimate of drug-likeness (QED) is 0.507. The molecule has 0 aliphatic heterocycles. The molecule has 96 valence electrons. The molecule has 0 saturated carbocycles. The van der Waals surface area contributed by atoms with E-state index in [9.17, 15) is 4.79 Å². The predicted molar refractivity (Wildman–Crippen MR) is 75.1 cm³/mol. The number of nitriles is 1. The Kier molecular flexibility index (Phi) is 5.13. The SMILES string of the molecule is CC#CC(=O)Nc1ccc(N=CN(C)C)c(C#N)c1. The number of benzene rings is 1. The number of aliphatic imine (C=N–C) groups is 1. The zero-order chi connectivity index (χ0) is 14.3. The number of hydrogen-bond acceptors (Lipinski definition) is 3. The summed E-state index contributed by atoms with van der Waals surface area (Å²) in [6.45, 7) is 1.58. The van der Waals surface area contributed by atoms with Gasteiger partial charge in [0, 0.05) is 19.8 Å². The highest BCUT2D eigenvalue weighted by molar-refractivity contribution is 6.04. The van der Waals surface area contributed by atoms with Gasteiger partial charge < -0.3 is 10.2 Å². The summed E-state index contributed by atoms with van der Waals surface area (Å²) in [7, 11) is 3.68. The van der Waals surface area contributed by atoms with Gasteiger partial charge >= 0.3 is 0 Å². The Morgan fingerprint density at radius 1 is 1.47 bits per heavy atom. The van der Waals surface area contributed by atoms with Gasteiger partial charge in [0.25, 0.3) is 5.91 Å². The molecule has 0 saturated heterocycles. The summed E-state index contributed by atoms with van der Waals surface area (Å²) >= 11 is 0. The van der Waals surface area contributed by atoms with Crippen molar-refractivity contribution in [2.75, 3.05) is 19.4 Å². The van der Waals surface area contributed by atoms with Crippen LogP contribution in [0.15, 0.2) is 23.2 Å². The number of rotatable bonds is 3. The van der Waals surface area contributed by atoms with Crippen molar-refractivity contribution in [1.82, 2.24) is 4.90 Å². The van der Waals surface area contributed by atoms with Crippen molar-refractivity contribution < 1.29 is 4.79 Å². The van der Waals surface area contributed by atoms with Crippen molar-refractivity contribution in [2.45, 2.75) is 6.92 Å². The van der Waals surface area contributed by atoms with Crippen LogP contribution in [0, 0.1) is 23.2 Å². The van der Waals surface area contributed by atoms with Crippen LogP contribution in [0.3, 0.4) is 0 Å². The van der Waals surface area contributed by atoms with E-state index in [0.717, 1.165) is 0 Å². The van der Waals surface area contributed by atoms with E-state index in [-0.39, 0.29) is 0 Å². The summed E-state index contributed by atoms with van der Waals surface area (Å²) < 4.78 is 0. The smallest absolute Gasteiger partial charge is 0.300 e. The lowest BCUT2D eigenvalue weighted by Gasteiger charge is -2.05. The fourth-order valence-corrected chi connectivity index (χ4v) is 1.27. The summed E-state index contributed by atoms with van der Waals surface area (Å²) in [6, 6.07) is 6.97. The molecule has 0 spiro atoms. The maximum atomic E-state index is 11.3. The molecule has 0 unspecified atom stereocenters. The molecule has 5 heteroatoms. The number of carbonyl (C=O) groups is 1. The molecule has 1 rings (SSSR count). The zero-order valence-electron chi connectivity index (χ0n) is 11.1. The van der Waals surface area contributed by atoms with Crippen molar-refractivity contribution >= 4 is 23.6 Å². The van der Waals surface area contributed by atoms with Crippen LogP contribution in [0.2, 0.25) is 0 Å². The highest BCUT2D eigenvalue weighted by atomic mass is 16.1. The molecule has 0 aliphatic rings. The average Bonchev–Trinajstić information content (AvgIpc) is 2.37. The van der Waals surface area contributed by atoms with E-state index in [2.05, 4.69) is 22.2 Å². The lowest BCUT2D eigenvalue weighted by molar-refractivity contribution is -0.111. The van der Waals surface area contributed by atoms with Crippen LogP contribution in [0.4, 0.5) is 11.4 Å². The van der Waals surface area contributed by atoms with E-state index >= 15 is 0 Å². The molecule has 0 heterocycles. The first kappa shape index (κ1) is 14.3. The van der Waals surface area contributed by atoms with Gasteiger partial charge in [-0.05, 0) is 31.0 Å². The molecule has 5 nitrogen and oxygen atoms in total. The summed E-state index contributed by atoms with van der Waals surface area (Å²) in [5, 5.41) is 11.7. The Labute approximate surface area is 112 Å². The Bertz CT molecular complexity index is 600. The average molecular weight is 254 g/mol. The minimum absolute atomic E-state index is 0.389. The minimum atomic E-state index is -0.407. The van der Waals surface area contributed by atoms with E-state index in [1.807, 2.05) is 20.2 Å². The molecule has 0 fully saturated rings. The van der Waals surface area contributed by atoms with Gasteiger partial charge in [-0.15, -0.1) is 0 Å². The third-order valence-electron chi connectivity index (χ3n) is 2.04. The first-order valence-electron chi connectivity index (χ1n) is 5.55. The van der Waals surface area contributed by atoms with Gasteiger partial charge in [-0.3, -0.25) is 4.79 Å². The molecule has 0 atom stereocenters. The number of anilines is 1. The Hall–Kier alpha value is -2.79. The van der Waals surface area contributed by atoms with Crippen LogP contribution in [-0.4, -0.2) is 31.2 Å². The van der Waals surface area contributed by atoms with Crippen LogP contribution >= 0.6 is 0 Å². The predicted octanol–water partition coefficient (Wildman–Crippen LogP) is 1.74. The fourth-order valence-electron chi connectivity index (χ4n) is 1.27. The van der Waals surface area contributed by atoms with Gasteiger partial charge in [-0.25, -0.2) is 4.99 Å². The van der Waals surface area contributed by atoms with Gasteiger partial charge in [0.05, 0.1) is 17.6 Å². The Balaban J connectivity index is 2.99. The second-order valence-corrected chi connectivity index (χ2v) is 3.88. The molecular weight excluding hydrogens is 240 g/mol. The van der Waals surface area contributed by atoms with Gasteiger partial charge in [0.2, 0.25) is 0 Å². The van der Waals surface area contributed by atoms with Crippen LogP contribution in [0.5, 0.6) is 0 Å². The van der Waals surface area contributed by atoms with E-state index in [4.69, 9.17) is 5.26 Å². The summed E-state index contributed by atoms with van der Waals surface area (Å²) in [4.78, 5) is 17.3. The first-order valence-corrected chi connectivity index (χ1v) is 5.55. The maximum Gasteiger partial charge on any atom is 0.300 e. The minimum Gasteiger partial charge on any atom is -0.369 e. The van der Waals surface area contributed by atoms with Crippen LogP contribution in [0.25, 0.3) is 0 Å². The summed E-state index contributed by atoms with van der Waals surface area (Å²) in [5.74, 6) is 4.46. The molecule has 1 N–H and O–H groups in total. The second-order valence-electron chi connectivity index (χ2n) is 3.88. The normalized spacial score (nSPS) is 9.37. The van der Waals surface area contributed by atoms with E-state index < -0.39 is 5.91 Å². The largest absolute Gasteiger partial charge is 0.369 e. The standard InChI is InChI=1S/C14H14N4O/c1-4-5-14(19)17-12-6-7-13(11(8-12)9-15)16-10-18(2)3/h6-8,10H,1-3H3,(H,17,19). The summed E-state index contributed by atoms with van der Waals surface area (Å²) in [5.41, 5.74) is 1.46. The van der Waals surface area contributed by atoms with Crippen molar-refractivity contribution in [3.63, 3.8) is 0 Å². The van der Waals surface area contributed by atoms with Gasteiger partial charge in [-0.1, -0.05) is 5.92 Å². The Morgan fingerprint density at radius 3 is 2.79 bits per heavy atom. The monoisotopic (exact) mass is 254 g/mol. The first-order chi connectivity index (χ1) is 9.06. The van der Waals surface area contributed by atoms with Crippen LogP contribution < -0.4 is 5.32 Å². The third kappa shape index (κ3) is 4.53. The highest BCUT2D eigenvalue weighted by Gasteiger charge is 2.04. The third-order valence-corrected chi connectivity index (χ3v) is 2.04. The van der Waals surface area contributed by atoms with Crippen LogP contribution in [-0.2, 0) is 4.79 Å². The van der Waals surface area contributed by atoms with Gasteiger partial charge in [0.1, 0.15) is 6.07 Å². The number of amides is 1. The van der Waals surface area contributed by atoms with Crippen molar-refractivity contribution in [1.29, 1.82) is 5.26 Å². The lowest BCUT2D eigenvalue weighted by atomic mass is 10.1. The van der Waals surface area contributed by atoms with Gasteiger partial charge in [0.15, 0.2) is 0 Å². The van der Waals surface area contributed by atoms with Crippen LogP contribution in [0.1, 0.15) is 12.5 Å². The maximum absolute atomic E-state index is 11.3. The number of nitrogens with zero attached hydrogens (tertiary/aromatic N) is 3. The molecule has 1 amide bonds. The lowest BCUT2D eigenvalue weighted by Crippen LogP contribution is -2.08. The molecule has 0 aliphatic carbocycles. The van der Waals surface area contributed by atoms with Gasteiger partial charge in [-0.2, -0.15) is 5.26 Å². The second kappa shape index (κ2) is 6.83. The highest BCUT2D eigenvalue weighted by Crippen LogP contribution is 2.22. The molecule has 1 aromatic rings. The Morgan fingerprint density at radius 2 is 2.21 bits per heavy atom. The fraction of sp³-hybridized carbons (Fsp3) is 0.214. The zero-order valence-corrected chi connectivity index (χ0v) is 11.1. The number of hydrogen-bond donors (Lipinski definition) is 1. The molecule has 0 bridgehead atoms.